The van der Waals surface area contributed by atoms with Gasteiger partial charge in [-0.3, -0.25) is 4.79 Å². The van der Waals surface area contributed by atoms with Gasteiger partial charge in [-0.1, -0.05) is 0 Å². The van der Waals surface area contributed by atoms with E-state index in [2.05, 4.69) is 5.32 Å². The first kappa shape index (κ1) is 15.7. The van der Waals surface area contributed by atoms with E-state index in [1.807, 2.05) is 6.92 Å². The van der Waals surface area contributed by atoms with Gasteiger partial charge in [0.25, 0.3) is 0 Å². The van der Waals surface area contributed by atoms with Crippen LogP contribution in [0.15, 0.2) is 0 Å². The monoisotopic (exact) mass is 250 g/mol. The van der Waals surface area contributed by atoms with Gasteiger partial charge >= 0.3 is 0 Å². The number of nitrogens with two attached hydrogens (primary N) is 1. The molecule has 1 aliphatic heterocycles. The first-order valence-corrected chi connectivity index (χ1v) is 5.83. The maximum Gasteiger partial charge on any atom is 0.220 e. The zero-order chi connectivity index (χ0) is 11.1. The highest BCUT2D eigenvalue weighted by Crippen LogP contribution is 2.16. The van der Waals surface area contributed by atoms with E-state index >= 15 is 0 Å². The number of carbonyl (C=O) groups excluding carboxylic acids is 1. The minimum Gasteiger partial charge on any atom is -0.378 e. The summed E-state index contributed by atoms with van der Waals surface area (Å²) in [6.45, 7) is 3.26. The molecule has 3 N–H and O–H groups in total. The van der Waals surface area contributed by atoms with Crippen LogP contribution in [0, 0.1) is 0 Å². The number of hydrogen-bond acceptors (Lipinski definition) is 3. The maximum atomic E-state index is 11.4. The molecule has 1 unspecified atom stereocenters. The summed E-state index contributed by atoms with van der Waals surface area (Å²) in [6.07, 6.45) is 5.16. The quantitative estimate of drug-likeness (QED) is 0.771. The van der Waals surface area contributed by atoms with Crippen LogP contribution in [0.3, 0.4) is 0 Å². The van der Waals surface area contributed by atoms with Crippen molar-refractivity contribution in [2.75, 3.05) is 13.2 Å². The molecule has 1 fully saturated rings. The molecule has 1 amide bonds. The predicted octanol–water partition coefficient (Wildman–Crippen LogP) is 1.22. The van der Waals surface area contributed by atoms with Gasteiger partial charge in [0.05, 0.1) is 6.10 Å². The molecule has 0 aromatic carbocycles. The lowest BCUT2D eigenvalue weighted by molar-refractivity contribution is -0.122. The van der Waals surface area contributed by atoms with Crippen LogP contribution in [0.2, 0.25) is 0 Å². The molecular weight excluding hydrogens is 228 g/mol. The van der Waals surface area contributed by atoms with Crippen LogP contribution in [0.1, 0.15) is 39.0 Å². The smallest absolute Gasteiger partial charge is 0.220 e. The zero-order valence-corrected chi connectivity index (χ0v) is 10.7. The van der Waals surface area contributed by atoms with E-state index in [-0.39, 0.29) is 30.5 Å². The average molecular weight is 251 g/mol. The van der Waals surface area contributed by atoms with Gasteiger partial charge in [-0.05, 0) is 32.6 Å². The van der Waals surface area contributed by atoms with Crippen molar-refractivity contribution in [1.29, 1.82) is 0 Å². The van der Waals surface area contributed by atoms with E-state index in [9.17, 15) is 4.79 Å². The number of ether oxygens (including phenoxy) is 1. The van der Waals surface area contributed by atoms with Crippen LogP contribution < -0.4 is 11.1 Å². The molecule has 0 radical (unpaired) electrons. The van der Waals surface area contributed by atoms with Crippen LogP contribution in [0.5, 0.6) is 0 Å². The second-order valence-electron chi connectivity index (χ2n) is 4.23. The Balaban J connectivity index is 0.00000225. The largest absolute Gasteiger partial charge is 0.378 e. The van der Waals surface area contributed by atoms with Gasteiger partial charge in [0.1, 0.15) is 0 Å². The van der Waals surface area contributed by atoms with Gasteiger partial charge < -0.3 is 15.8 Å². The third-order valence-electron chi connectivity index (χ3n) is 2.73. The molecule has 0 aromatic heterocycles. The summed E-state index contributed by atoms with van der Waals surface area (Å²) in [5.41, 5.74) is 5.42. The molecule has 4 nitrogen and oxygen atoms in total. The molecule has 1 saturated heterocycles. The highest BCUT2D eigenvalue weighted by Gasteiger charge is 2.15. The topological polar surface area (TPSA) is 64.3 Å². The SMILES string of the molecule is C[C@H](CN)NC(=O)CCC1CCCCO1.Cl. The number of halogens is 1. The molecule has 16 heavy (non-hydrogen) atoms. The van der Waals surface area contributed by atoms with Gasteiger partial charge in [-0.25, -0.2) is 0 Å². The Hall–Kier alpha value is -0.320. The Bertz CT molecular complexity index is 196. The van der Waals surface area contributed by atoms with Gasteiger partial charge in [0.2, 0.25) is 5.91 Å². The standard InChI is InChI=1S/C11H22N2O2.ClH/c1-9(8-12)13-11(14)6-5-10-4-2-3-7-15-10;/h9-10H,2-8,12H2,1H3,(H,13,14);1H/t9-,10?;/m1./s1. The molecule has 1 aliphatic rings. The molecule has 0 spiro atoms. The molecular formula is C11H23ClN2O2. The normalized spacial score (nSPS) is 22.0. The lowest BCUT2D eigenvalue weighted by Crippen LogP contribution is -2.38. The molecule has 0 aromatic rings. The molecule has 1 rings (SSSR count). The summed E-state index contributed by atoms with van der Waals surface area (Å²) in [6, 6.07) is 0.0739. The third-order valence-corrected chi connectivity index (χ3v) is 2.73. The second kappa shape index (κ2) is 8.79. The highest BCUT2D eigenvalue weighted by molar-refractivity contribution is 5.85. The number of carbonyl (C=O) groups is 1. The summed E-state index contributed by atoms with van der Waals surface area (Å²) in [4.78, 5) is 11.4. The van der Waals surface area contributed by atoms with E-state index < -0.39 is 0 Å². The number of rotatable bonds is 5. The first-order valence-electron chi connectivity index (χ1n) is 5.83. The van der Waals surface area contributed by atoms with Crippen LogP contribution in [-0.4, -0.2) is 31.2 Å². The summed E-state index contributed by atoms with van der Waals surface area (Å²) in [5, 5.41) is 2.85. The van der Waals surface area contributed by atoms with E-state index in [1.54, 1.807) is 0 Å². The maximum absolute atomic E-state index is 11.4. The van der Waals surface area contributed by atoms with E-state index in [4.69, 9.17) is 10.5 Å². The summed E-state index contributed by atoms with van der Waals surface area (Å²) < 4.78 is 5.55. The Morgan fingerprint density at radius 1 is 1.56 bits per heavy atom. The minimum atomic E-state index is 0. The predicted molar refractivity (Wildman–Crippen MR) is 66.7 cm³/mol. The number of nitrogens with one attached hydrogen (secondary N) is 1. The first-order chi connectivity index (χ1) is 7.22. The third kappa shape index (κ3) is 6.30. The molecule has 2 atom stereocenters. The van der Waals surface area contributed by atoms with Crippen LogP contribution in [0.4, 0.5) is 0 Å². The molecule has 0 bridgehead atoms. The second-order valence-corrected chi connectivity index (χ2v) is 4.23. The highest BCUT2D eigenvalue weighted by atomic mass is 35.5. The van der Waals surface area contributed by atoms with Crippen LogP contribution >= 0.6 is 12.4 Å². The van der Waals surface area contributed by atoms with Gasteiger partial charge in [0, 0.05) is 25.6 Å². The van der Waals surface area contributed by atoms with Crippen molar-refractivity contribution in [2.45, 2.75) is 51.2 Å². The summed E-state index contributed by atoms with van der Waals surface area (Å²) in [7, 11) is 0. The Morgan fingerprint density at radius 3 is 2.88 bits per heavy atom. The van der Waals surface area contributed by atoms with Crippen molar-refractivity contribution in [3.63, 3.8) is 0 Å². The van der Waals surface area contributed by atoms with Crippen LogP contribution in [-0.2, 0) is 9.53 Å². The van der Waals surface area contributed by atoms with Gasteiger partial charge in [-0.15, -0.1) is 12.4 Å². The Morgan fingerprint density at radius 2 is 2.31 bits per heavy atom. The summed E-state index contributed by atoms with van der Waals surface area (Å²) >= 11 is 0. The van der Waals surface area contributed by atoms with Gasteiger partial charge in [0.15, 0.2) is 0 Å². The molecule has 5 heteroatoms. The fourth-order valence-electron chi connectivity index (χ4n) is 1.73. The lowest BCUT2D eigenvalue weighted by Gasteiger charge is -2.22. The summed E-state index contributed by atoms with van der Waals surface area (Å²) in [5.74, 6) is 0.0853. The van der Waals surface area contributed by atoms with Crippen molar-refractivity contribution in [3.8, 4) is 0 Å². The van der Waals surface area contributed by atoms with E-state index in [0.717, 1.165) is 25.9 Å². The Kier molecular flexibility index (Phi) is 8.61. The fraction of sp³-hybridized carbons (Fsp3) is 0.909. The molecule has 0 aliphatic carbocycles. The molecule has 96 valence electrons. The fourth-order valence-corrected chi connectivity index (χ4v) is 1.73. The lowest BCUT2D eigenvalue weighted by atomic mass is 10.0. The van der Waals surface area contributed by atoms with Crippen molar-refractivity contribution >= 4 is 18.3 Å². The molecule has 1 heterocycles. The Labute approximate surface area is 104 Å². The minimum absolute atomic E-state index is 0. The average Bonchev–Trinajstić information content (AvgIpc) is 2.27. The van der Waals surface area contributed by atoms with Crippen molar-refractivity contribution in [2.24, 2.45) is 5.73 Å². The molecule has 0 saturated carbocycles. The van der Waals surface area contributed by atoms with E-state index in [1.165, 1.54) is 6.42 Å². The van der Waals surface area contributed by atoms with Gasteiger partial charge in [-0.2, -0.15) is 0 Å². The number of hydrogen-bond donors (Lipinski definition) is 2. The number of amides is 1. The van der Waals surface area contributed by atoms with Crippen molar-refractivity contribution < 1.29 is 9.53 Å². The van der Waals surface area contributed by atoms with Crippen molar-refractivity contribution in [1.82, 2.24) is 5.32 Å². The van der Waals surface area contributed by atoms with E-state index in [0.29, 0.717) is 13.0 Å². The van der Waals surface area contributed by atoms with Crippen molar-refractivity contribution in [3.05, 3.63) is 0 Å². The zero-order valence-electron chi connectivity index (χ0n) is 9.91. The van der Waals surface area contributed by atoms with Crippen LogP contribution in [0.25, 0.3) is 0 Å².